The van der Waals surface area contributed by atoms with Crippen LogP contribution in [0.2, 0.25) is 0 Å². The van der Waals surface area contributed by atoms with Gasteiger partial charge in [-0.1, -0.05) is 61.2 Å². The molecule has 0 aliphatic carbocycles. The normalized spacial score (nSPS) is 10.7. The van der Waals surface area contributed by atoms with E-state index in [2.05, 4.69) is 53.8 Å². The highest BCUT2D eigenvalue weighted by Gasteiger charge is 2.02. The third-order valence-electron chi connectivity index (χ3n) is 3.92. The number of hydrogen-bond donors (Lipinski definition) is 1. The Labute approximate surface area is 142 Å². The number of fused-ring (bicyclic) bond motifs is 2. The molecule has 0 unspecified atom stereocenters. The molecule has 0 radical (unpaired) electrons. The molecule has 0 atom stereocenters. The molecule has 2 heteroatoms. The van der Waals surface area contributed by atoms with Crippen LogP contribution in [0.15, 0.2) is 85.6 Å². The van der Waals surface area contributed by atoms with Crippen molar-refractivity contribution in [3.8, 4) is 0 Å². The SMILES string of the molecule is C=C/C=C\c1[nH]c2ccccc2c1C.c1ccc2ncccc2c1. The fraction of sp³-hybridized carbons (Fsp3) is 0.0455. The first kappa shape index (κ1) is 15.8. The zero-order valence-electron chi connectivity index (χ0n) is 13.7. The third kappa shape index (κ3) is 3.44. The molecule has 2 nitrogen and oxygen atoms in total. The summed E-state index contributed by atoms with van der Waals surface area (Å²) in [6, 6.07) is 20.4. The predicted molar refractivity (Wildman–Crippen MR) is 104 cm³/mol. The molecule has 0 saturated carbocycles. The highest BCUT2D eigenvalue weighted by molar-refractivity contribution is 5.86. The Hall–Kier alpha value is -3.13. The van der Waals surface area contributed by atoms with Gasteiger partial charge in [0, 0.05) is 28.2 Å². The molecular weight excluding hydrogens is 292 g/mol. The highest BCUT2D eigenvalue weighted by Crippen LogP contribution is 2.21. The summed E-state index contributed by atoms with van der Waals surface area (Å²) in [6.07, 6.45) is 7.58. The van der Waals surface area contributed by atoms with Crippen molar-refractivity contribution in [3.63, 3.8) is 0 Å². The molecule has 4 rings (SSSR count). The minimum absolute atomic E-state index is 1.06. The van der Waals surface area contributed by atoms with Crippen molar-refractivity contribution < 1.29 is 0 Å². The second kappa shape index (κ2) is 7.42. The maximum Gasteiger partial charge on any atom is 0.0701 e. The first-order valence-corrected chi connectivity index (χ1v) is 7.96. The molecule has 0 aliphatic rings. The molecule has 118 valence electrons. The van der Waals surface area contributed by atoms with Crippen molar-refractivity contribution in [1.82, 2.24) is 9.97 Å². The van der Waals surface area contributed by atoms with Crippen LogP contribution in [0, 0.1) is 6.92 Å². The Kier molecular flexibility index (Phi) is 4.87. The summed E-state index contributed by atoms with van der Waals surface area (Å²) in [6.45, 7) is 5.79. The summed E-state index contributed by atoms with van der Waals surface area (Å²) in [5.74, 6) is 0. The minimum atomic E-state index is 1.06. The van der Waals surface area contributed by atoms with E-state index in [1.54, 1.807) is 6.08 Å². The van der Waals surface area contributed by atoms with Crippen LogP contribution >= 0.6 is 0 Å². The number of benzene rings is 2. The molecule has 0 bridgehead atoms. The number of rotatable bonds is 2. The Morgan fingerprint density at radius 1 is 0.958 bits per heavy atom. The molecule has 0 spiro atoms. The molecule has 24 heavy (non-hydrogen) atoms. The largest absolute Gasteiger partial charge is 0.355 e. The Balaban J connectivity index is 0.000000149. The monoisotopic (exact) mass is 312 g/mol. The van der Waals surface area contributed by atoms with Crippen LogP contribution in [0.3, 0.4) is 0 Å². The standard InChI is InChI=1S/C13H13N.C9H7N/c1-3-4-8-12-10(2)11-7-5-6-9-13(11)14-12;1-2-6-9-8(4-1)5-3-7-10-9/h3-9,14H,1H2,2H3;1-7H/b8-4-;. The number of aromatic amines is 1. The molecule has 4 aromatic rings. The van der Waals surface area contributed by atoms with Crippen LogP contribution in [0.1, 0.15) is 11.3 Å². The molecule has 0 aliphatic heterocycles. The van der Waals surface area contributed by atoms with Crippen LogP contribution in [-0.4, -0.2) is 9.97 Å². The molecular formula is C22H20N2. The van der Waals surface area contributed by atoms with Gasteiger partial charge in [0.15, 0.2) is 0 Å². The molecule has 2 aromatic heterocycles. The first-order chi connectivity index (χ1) is 11.8. The van der Waals surface area contributed by atoms with E-state index in [1.807, 2.05) is 48.7 Å². The van der Waals surface area contributed by atoms with Gasteiger partial charge in [0.1, 0.15) is 0 Å². The molecule has 0 fully saturated rings. The second-order valence-electron chi connectivity index (χ2n) is 5.50. The number of allylic oxidation sites excluding steroid dienone is 2. The first-order valence-electron chi connectivity index (χ1n) is 7.96. The molecule has 2 aromatic carbocycles. The van der Waals surface area contributed by atoms with E-state index in [0.29, 0.717) is 0 Å². The quantitative estimate of drug-likeness (QED) is 0.458. The van der Waals surface area contributed by atoms with Gasteiger partial charge in [-0.2, -0.15) is 0 Å². The lowest BCUT2D eigenvalue weighted by atomic mass is 10.1. The average Bonchev–Trinajstić information content (AvgIpc) is 2.97. The minimum Gasteiger partial charge on any atom is -0.355 e. The van der Waals surface area contributed by atoms with Gasteiger partial charge in [-0.15, -0.1) is 0 Å². The molecule has 0 saturated heterocycles. The van der Waals surface area contributed by atoms with Crippen LogP contribution < -0.4 is 0 Å². The van der Waals surface area contributed by atoms with Gasteiger partial charge in [0.25, 0.3) is 0 Å². The smallest absolute Gasteiger partial charge is 0.0701 e. The van der Waals surface area contributed by atoms with Gasteiger partial charge in [-0.25, -0.2) is 0 Å². The van der Waals surface area contributed by atoms with Crippen molar-refractivity contribution in [3.05, 3.63) is 96.8 Å². The van der Waals surface area contributed by atoms with Crippen molar-refractivity contribution in [1.29, 1.82) is 0 Å². The van der Waals surface area contributed by atoms with Crippen molar-refractivity contribution in [2.24, 2.45) is 0 Å². The lowest BCUT2D eigenvalue weighted by Crippen LogP contribution is -1.73. The molecule has 0 amide bonds. The van der Waals surface area contributed by atoms with Crippen molar-refractivity contribution in [2.45, 2.75) is 6.92 Å². The molecule has 1 N–H and O–H groups in total. The maximum atomic E-state index is 4.18. The number of nitrogens with one attached hydrogen (secondary N) is 1. The van der Waals surface area contributed by atoms with Gasteiger partial charge >= 0.3 is 0 Å². The summed E-state index contributed by atoms with van der Waals surface area (Å²) in [7, 11) is 0. The number of aromatic nitrogens is 2. The van der Waals surface area contributed by atoms with Crippen LogP contribution in [0.25, 0.3) is 27.9 Å². The lowest BCUT2D eigenvalue weighted by molar-refractivity contribution is 1.38. The second-order valence-corrected chi connectivity index (χ2v) is 5.50. The number of H-pyrrole nitrogens is 1. The Morgan fingerprint density at radius 3 is 2.50 bits per heavy atom. The average molecular weight is 312 g/mol. The topological polar surface area (TPSA) is 28.7 Å². The lowest BCUT2D eigenvalue weighted by Gasteiger charge is -1.91. The zero-order valence-corrected chi connectivity index (χ0v) is 13.7. The van der Waals surface area contributed by atoms with Crippen LogP contribution in [-0.2, 0) is 0 Å². The van der Waals surface area contributed by atoms with E-state index in [4.69, 9.17) is 0 Å². The third-order valence-corrected chi connectivity index (χ3v) is 3.92. The van der Waals surface area contributed by atoms with Crippen LogP contribution in [0.5, 0.6) is 0 Å². The number of aryl methyl sites for hydroxylation is 1. The Bertz CT molecular complexity index is 928. The van der Waals surface area contributed by atoms with Gasteiger partial charge in [-0.05, 0) is 36.8 Å². The highest BCUT2D eigenvalue weighted by atomic mass is 14.7. The summed E-state index contributed by atoms with van der Waals surface area (Å²) >= 11 is 0. The van der Waals surface area contributed by atoms with Gasteiger partial charge in [-0.3, -0.25) is 4.98 Å². The van der Waals surface area contributed by atoms with Crippen molar-refractivity contribution >= 4 is 27.9 Å². The summed E-state index contributed by atoms with van der Waals surface area (Å²) in [4.78, 5) is 7.55. The summed E-state index contributed by atoms with van der Waals surface area (Å²) in [5, 5.41) is 2.49. The van der Waals surface area contributed by atoms with Crippen molar-refractivity contribution in [2.75, 3.05) is 0 Å². The summed E-state index contributed by atoms with van der Waals surface area (Å²) in [5.41, 5.74) is 4.70. The zero-order chi connectivity index (χ0) is 16.8. The van der Waals surface area contributed by atoms with Gasteiger partial charge in [0.05, 0.1) is 5.52 Å². The van der Waals surface area contributed by atoms with E-state index in [9.17, 15) is 0 Å². The fourth-order valence-corrected chi connectivity index (χ4v) is 2.65. The van der Waals surface area contributed by atoms with E-state index in [-0.39, 0.29) is 0 Å². The van der Waals surface area contributed by atoms with E-state index in [1.165, 1.54) is 21.9 Å². The maximum absolute atomic E-state index is 4.18. The summed E-state index contributed by atoms with van der Waals surface area (Å²) < 4.78 is 0. The van der Waals surface area contributed by atoms with E-state index in [0.717, 1.165) is 11.2 Å². The van der Waals surface area contributed by atoms with E-state index < -0.39 is 0 Å². The fourth-order valence-electron chi connectivity index (χ4n) is 2.65. The number of para-hydroxylation sites is 2. The number of nitrogens with zero attached hydrogens (tertiary/aromatic N) is 1. The van der Waals surface area contributed by atoms with Gasteiger partial charge in [0.2, 0.25) is 0 Å². The van der Waals surface area contributed by atoms with E-state index >= 15 is 0 Å². The van der Waals surface area contributed by atoms with Gasteiger partial charge < -0.3 is 4.98 Å². The number of hydrogen-bond acceptors (Lipinski definition) is 1. The van der Waals surface area contributed by atoms with Crippen LogP contribution in [0.4, 0.5) is 0 Å². The predicted octanol–water partition coefficient (Wildman–Crippen LogP) is 5.91. The Morgan fingerprint density at radius 2 is 1.71 bits per heavy atom. The number of pyridine rings is 1. The molecule has 2 heterocycles.